The van der Waals surface area contributed by atoms with Gasteiger partial charge in [-0.3, -0.25) is 4.79 Å². The van der Waals surface area contributed by atoms with Gasteiger partial charge < -0.3 is 5.84 Å². The van der Waals surface area contributed by atoms with Crippen molar-refractivity contribution in [3.63, 3.8) is 0 Å². The molecule has 0 amide bonds. The summed E-state index contributed by atoms with van der Waals surface area (Å²) >= 11 is 3.09. The van der Waals surface area contributed by atoms with Crippen molar-refractivity contribution in [1.29, 1.82) is 0 Å². The van der Waals surface area contributed by atoms with E-state index >= 15 is 0 Å². The molecule has 0 aromatic carbocycles. The van der Waals surface area contributed by atoms with Crippen molar-refractivity contribution in [3.05, 3.63) is 33.4 Å². The molecule has 1 aliphatic rings. The molecule has 6 heteroatoms. The van der Waals surface area contributed by atoms with Crippen LogP contribution in [0.5, 0.6) is 0 Å². The smallest absolute Gasteiger partial charge is 0.281 e. The predicted octanol–water partition coefficient (Wildman–Crippen LogP) is 2.89. The molecule has 2 N–H and O–H groups in total. The Morgan fingerprint density at radius 3 is 3.20 bits per heavy atom. The second-order valence-electron chi connectivity index (χ2n) is 5.08. The van der Waals surface area contributed by atoms with Gasteiger partial charge in [0, 0.05) is 10.6 Å². The summed E-state index contributed by atoms with van der Waals surface area (Å²) in [7, 11) is 0. The van der Waals surface area contributed by atoms with Crippen LogP contribution in [0.2, 0.25) is 0 Å². The number of fused-ring (bicyclic) bond motifs is 3. The molecule has 2 aromatic heterocycles. The maximum absolute atomic E-state index is 12.6. The van der Waals surface area contributed by atoms with Crippen LogP contribution in [0.25, 0.3) is 10.2 Å². The molecule has 0 bridgehead atoms. The molecule has 1 aliphatic carbocycles. The van der Waals surface area contributed by atoms with Gasteiger partial charge >= 0.3 is 0 Å². The number of nitrogens with two attached hydrogens (primary N) is 1. The Morgan fingerprint density at radius 1 is 1.65 bits per heavy atom. The summed E-state index contributed by atoms with van der Waals surface area (Å²) in [5, 5.41) is 1.30. The van der Waals surface area contributed by atoms with E-state index in [1.54, 1.807) is 17.4 Å². The highest BCUT2D eigenvalue weighted by Gasteiger charge is 2.25. The molecule has 2 aromatic rings. The number of hydrogen-bond acceptors (Lipinski definition) is 5. The zero-order valence-electron chi connectivity index (χ0n) is 11.4. The molecule has 3 rings (SSSR count). The normalized spacial score (nSPS) is 18.1. The minimum Gasteiger partial charge on any atom is -0.334 e. The minimum atomic E-state index is -0.118. The molecule has 0 unspecified atom stereocenters. The van der Waals surface area contributed by atoms with E-state index in [4.69, 9.17) is 5.84 Å². The fourth-order valence-electron chi connectivity index (χ4n) is 2.77. The van der Waals surface area contributed by atoms with Gasteiger partial charge in [0.25, 0.3) is 5.56 Å². The number of nitrogen functional groups attached to an aromatic ring is 1. The van der Waals surface area contributed by atoms with E-state index in [2.05, 4.69) is 18.5 Å². The van der Waals surface area contributed by atoms with Crippen LogP contribution in [0.1, 0.15) is 36.1 Å². The summed E-state index contributed by atoms with van der Waals surface area (Å²) in [6, 6.07) is 0. The summed E-state index contributed by atoms with van der Waals surface area (Å²) < 4.78 is 1.19. The van der Waals surface area contributed by atoms with Crippen LogP contribution in [-0.2, 0) is 6.42 Å². The summed E-state index contributed by atoms with van der Waals surface area (Å²) in [5.74, 6) is 7.03. The van der Waals surface area contributed by atoms with Crippen molar-refractivity contribution in [2.24, 2.45) is 0 Å². The van der Waals surface area contributed by atoms with Crippen LogP contribution >= 0.6 is 23.1 Å². The first-order valence-electron chi connectivity index (χ1n) is 6.70. The third-order valence-corrected chi connectivity index (χ3v) is 5.81. The number of thiophene rings is 1. The Bertz CT molecular complexity index is 732. The molecule has 0 saturated carbocycles. The summed E-state index contributed by atoms with van der Waals surface area (Å²) in [6.07, 6.45) is 5.16. The van der Waals surface area contributed by atoms with Gasteiger partial charge in [0.05, 0.1) is 5.39 Å². The Kier molecular flexibility index (Phi) is 3.60. The molecule has 4 nitrogen and oxygen atoms in total. The summed E-state index contributed by atoms with van der Waals surface area (Å²) in [5.41, 5.74) is 1.07. The molecular formula is C14H17N3OS2. The largest absolute Gasteiger partial charge is 0.334 e. The van der Waals surface area contributed by atoms with Crippen LogP contribution in [0.15, 0.2) is 22.6 Å². The van der Waals surface area contributed by atoms with Crippen molar-refractivity contribution in [2.75, 3.05) is 11.6 Å². The lowest BCUT2D eigenvalue weighted by Gasteiger charge is -2.18. The SMILES string of the molecule is C=CCSc1nc2sc3c(c2c(=O)n1N)[C@H](C)CCC3. The Hall–Kier alpha value is -1.27. The zero-order chi connectivity index (χ0) is 14.3. The maximum atomic E-state index is 12.6. The molecule has 0 radical (unpaired) electrons. The van der Waals surface area contributed by atoms with Gasteiger partial charge in [0.15, 0.2) is 5.16 Å². The first kappa shape index (κ1) is 13.7. The van der Waals surface area contributed by atoms with Crippen LogP contribution < -0.4 is 11.4 Å². The van der Waals surface area contributed by atoms with E-state index in [9.17, 15) is 4.79 Å². The van der Waals surface area contributed by atoms with Gasteiger partial charge in [-0.1, -0.05) is 24.8 Å². The van der Waals surface area contributed by atoms with Crippen LogP contribution in [0, 0.1) is 0 Å². The highest BCUT2D eigenvalue weighted by molar-refractivity contribution is 7.99. The number of aromatic nitrogens is 2. The van der Waals surface area contributed by atoms with E-state index in [1.807, 2.05) is 0 Å². The highest BCUT2D eigenvalue weighted by Crippen LogP contribution is 2.40. The number of rotatable bonds is 3. The van der Waals surface area contributed by atoms with Crippen molar-refractivity contribution >= 4 is 33.3 Å². The van der Waals surface area contributed by atoms with Crippen molar-refractivity contribution < 1.29 is 0 Å². The van der Waals surface area contributed by atoms with Gasteiger partial charge in [-0.05, 0) is 30.7 Å². The third kappa shape index (κ3) is 2.07. The predicted molar refractivity (Wildman–Crippen MR) is 86.3 cm³/mol. The standard InChI is InChI=1S/C14H17N3OS2/c1-3-7-19-14-16-12-11(13(18)17(14)15)10-8(2)5-4-6-9(10)20-12/h3,8H,1,4-7,15H2,2H3/t8-/m1/s1. The average Bonchev–Trinajstić information content (AvgIpc) is 2.81. The van der Waals surface area contributed by atoms with Gasteiger partial charge in [0.1, 0.15) is 4.83 Å². The van der Waals surface area contributed by atoms with E-state index in [0.717, 1.165) is 23.1 Å². The van der Waals surface area contributed by atoms with Crippen LogP contribution in [-0.4, -0.2) is 15.4 Å². The van der Waals surface area contributed by atoms with Crippen molar-refractivity contribution in [1.82, 2.24) is 9.66 Å². The lowest BCUT2D eigenvalue weighted by Crippen LogP contribution is -2.30. The van der Waals surface area contributed by atoms with Crippen LogP contribution in [0.3, 0.4) is 0 Å². The third-order valence-electron chi connectivity index (χ3n) is 3.70. The molecule has 2 heterocycles. The maximum Gasteiger partial charge on any atom is 0.281 e. The van der Waals surface area contributed by atoms with E-state index in [1.165, 1.54) is 33.3 Å². The Morgan fingerprint density at radius 2 is 2.45 bits per heavy atom. The Labute approximate surface area is 125 Å². The molecule has 20 heavy (non-hydrogen) atoms. The lowest BCUT2D eigenvalue weighted by molar-refractivity contribution is 0.601. The second-order valence-corrected chi connectivity index (χ2v) is 7.15. The topological polar surface area (TPSA) is 60.9 Å². The summed E-state index contributed by atoms with van der Waals surface area (Å²) in [4.78, 5) is 19.3. The second kappa shape index (κ2) is 5.26. The first-order valence-corrected chi connectivity index (χ1v) is 8.50. The monoisotopic (exact) mass is 307 g/mol. The number of aryl methyl sites for hydroxylation is 1. The minimum absolute atomic E-state index is 0.118. The quantitative estimate of drug-likeness (QED) is 0.410. The van der Waals surface area contributed by atoms with E-state index < -0.39 is 0 Å². The number of nitrogens with zero attached hydrogens (tertiary/aromatic N) is 2. The van der Waals surface area contributed by atoms with Gasteiger partial charge in [-0.2, -0.15) is 0 Å². The van der Waals surface area contributed by atoms with Crippen molar-refractivity contribution in [2.45, 2.75) is 37.3 Å². The molecule has 0 aliphatic heterocycles. The van der Waals surface area contributed by atoms with Gasteiger partial charge in [0.2, 0.25) is 0 Å². The molecule has 0 fully saturated rings. The molecule has 0 spiro atoms. The first-order chi connectivity index (χ1) is 9.63. The Balaban J connectivity index is 2.24. The van der Waals surface area contributed by atoms with Crippen LogP contribution in [0.4, 0.5) is 0 Å². The van der Waals surface area contributed by atoms with E-state index in [0.29, 0.717) is 16.8 Å². The lowest BCUT2D eigenvalue weighted by atomic mass is 9.88. The van der Waals surface area contributed by atoms with Gasteiger partial charge in [-0.25, -0.2) is 9.66 Å². The zero-order valence-corrected chi connectivity index (χ0v) is 13.0. The fraction of sp³-hybridized carbons (Fsp3) is 0.429. The molecule has 1 atom stereocenters. The number of hydrogen-bond donors (Lipinski definition) is 1. The molecular weight excluding hydrogens is 290 g/mol. The highest BCUT2D eigenvalue weighted by atomic mass is 32.2. The molecule has 106 valence electrons. The van der Waals surface area contributed by atoms with Crippen molar-refractivity contribution in [3.8, 4) is 0 Å². The van der Waals surface area contributed by atoms with E-state index in [-0.39, 0.29) is 5.56 Å². The summed E-state index contributed by atoms with van der Waals surface area (Å²) in [6.45, 7) is 5.86. The number of thioether (sulfide) groups is 1. The molecule has 0 saturated heterocycles. The fourth-order valence-corrected chi connectivity index (χ4v) is 4.79. The van der Waals surface area contributed by atoms with Gasteiger partial charge in [-0.15, -0.1) is 17.9 Å². The average molecular weight is 307 g/mol.